The number of carbonyl (C=O) groups excluding carboxylic acids is 1. The number of aldehydes is 1. The molecule has 5 heteroatoms. The zero-order valence-electron chi connectivity index (χ0n) is 5.39. The number of aromatic carboxylic acids is 1. The van der Waals surface area contributed by atoms with E-state index in [0.717, 1.165) is 12.4 Å². The van der Waals surface area contributed by atoms with E-state index in [0.29, 0.717) is 6.29 Å². The monoisotopic (exact) mass is 152 g/mol. The fourth-order valence-electron chi connectivity index (χ4n) is 0.554. The normalized spacial score (nSPS) is 9.09. The number of rotatable bonds is 2. The van der Waals surface area contributed by atoms with Gasteiger partial charge in [-0.05, 0) is 0 Å². The van der Waals surface area contributed by atoms with E-state index >= 15 is 0 Å². The molecular formula is C6H4N2O3. The Kier molecular flexibility index (Phi) is 1.91. The van der Waals surface area contributed by atoms with Crippen molar-refractivity contribution in [3.05, 3.63) is 23.8 Å². The van der Waals surface area contributed by atoms with Gasteiger partial charge < -0.3 is 5.11 Å². The van der Waals surface area contributed by atoms with Crippen LogP contribution in [-0.4, -0.2) is 27.3 Å². The predicted molar refractivity (Wildman–Crippen MR) is 34.4 cm³/mol. The summed E-state index contributed by atoms with van der Waals surface area (Å²) in [5.74, 6) is -1.17. The molecule has 0 amide bonds. The SMILES string of the molecule is O=Cc1cc(C(=O)O)ncn1. The molecule has 0 aromatic carbocycles. The quantitative estimate of drug-likeness (QED) is 0.602. The molecule has 0 aliphatic rings. The number of carboxylic acid groups (broad SMARTS) is 1. The third-order valence-corrected chi connectivity index (χ3v) is 1.03. The van der Waals surface area contributed by atoms with Gasteiger partial charge in [-0.15, -0.1) is 0 Å². The molecule has 0 fully saturated rings. The molecule has 1 rings (SSSR count). The summed E-state index contributed by atoms with van der Waals surface area (Å²) in [5.41, 5.74) is -0.112. The Labute approximate surface area is 61.7 Å². The molecule has 1 heterocycles. The molecule has 0 spiro atoms. The van der Waals surface area contributed by atoms with Gasteiger partial charge >= 0.3 is 5.97 Å². The highest BCUT2D eigenvalue weighted by Crippen LogP contribution is 1.94. The second-order valence-corrected chi connectivity index (χ2v) is 1.75. The second-order valence-electron chi connectivity index (χ2n) is 1.75. The Bertz CT molecular complexity index is 298. The summed E-state index contributed by atoms with van der Waals surface area (Å²) in [4.78, 5) is 27.3. The van der Waals surface area contributed by atoms with Crippen LogP contribution in [0.5, 0.6) is 0 Å². The highest BCUT2D eigenvalue weighted by molar-refractivity contribution is 5.87. The van der Waals surface area contributed by atoms with Gasteiger partial charge in [-0.2, -0.15) is 0 Å². The average Bonchev–Trinajstić information content (AvgIpc) is 2.05. The van der Waals surface area contributed by atoms with E-state index < -0.39 is 5.97 Å². The topological polar surface area (TPSA) is 80.2 Å². The first kappa shape index (κ1) is 7.33. The molecule has 0 saturated heterocycles. The van der Waals surface area contributed by atoms with Crippen molar-refractivity contribution >= 4 is 12.3 Å². The fourth-order valence-corrected chi connectivity index (χ4v) is 0.554. The van der Waals surface area contributed by atoms with Gasteiger partial charge in [0.1, 0.15) is 12.0 Å². The van der Waals surface area contributed by atoms with Gasteiger partial charge in [0.2, 0.25) is 0 Å². The van der Waals surface area contributed by atoms with E-state index in [1.54, 1.807) is 0 Å². The van der Waals surface area contributed by atoms with E-state index in [-0.39, 0.29) is 11.4 Å². The average molecular weight is 152 g/mol. The smallest absolute Gasteiger partial charge is 0.354 e. The Balaban J connectivity index is 3.10. The Morgan fingerprint density at radius 1 is 1.55 bits per heavy atom. The first-order valence-electron chi connectivity index (χ1n) is 2.74. The Morgan fingerprint density at radius 3 is 2.82 bits per heavy atom. The van der Waals surface area contributed by atoms with Gasteiger partial charge in [-0.25, -0.2) is 14.8 Å². The summed E-state index contributed by atoms with van der Waals surface area (Å²) in [5, 5.41) is 8.40. The number of carbonyl (C=O) groups is 2. The molecule has 0 aliphatic heterocycles. The van der Waals surface area contributed by atoms with Crippen LogP contribution in [-0.2, 0) is 0 Å². The lowest BCUT2D eigenvalue weighted by molar-refractivity contribution is 0.0690. The molecule has 0 unspecified atom stereocenters. The predicted octanol–water partition coefficient (Wildman–Crippen LogP) is -0.0127. The van der Waals surface area contributed by atoms with Crippen LogP contribution in [0.4, 0.5) is 0 Å². The molecule has 0 bridgehead atoms. The van der Waals surface area contributed by atoms with E-state index in [9.17, 15) is 9.59 Å². The zero-order valence-corrected chi connectivity index (χ0v) is 5.39. The fraction of sp³-hybridized carbons (Fsp3) is 0. The molecular weight excluding hydrogens is 148 g/mol. The van der Waals surface area contributed by atoms with E-state index in [1.807, 2.05) is 0 Å². The van der Waals surface area contributed by atoms with Gasteiger partial charge in [0.15, 0.2) is 12.0 Å². The van der Waals surface area contributed by atoms with Gasteiger partial charge in [0, 0.05) is 6.07 Å². The van der Waals surface area contributed by atoms with Crippen LogP contribution in [0.3, 0.4) is 0 Å². The molecule has 0 atom stereocenters. The lowest BCUT2D eigenvalue weighted by Gasteiger charge is -1.91. The molecule has 11 heavy (non-hydrogen) atoms. The van der Waals surface area contributed by atoms with Crippen molar-refractivity contribution in [3.63, 3.8) is 0 Å². The highest BCUT2D eigenvalue weighted by Gasteiger charge is 2.04. The van der Waals surface area contributed by atoms with Crippen LogP contribution in [0.15, 0.2) is 12.4 Å². The van der Waals surface area contributed by atoms with Crippen LogP contribution in [0, 0.1) is 0 Å². The summed E-state index contributed by atoms with van der Waals surface area (Å²) in [6.45, 7) is 0. The summed E-state index contributed by atoms with van der Waals surface area (Å²) in [7, 11) is 0. The molecule has 56 valence electrons. The van der Waals surface area contributed by atoms with Crippen molar-refractivity contribution in [3.8, 4) is 0 Å². The maximum absolute atomic E-state index is 10.3. The zero-order chi connectivity index (χ0) is 8.27. The Morgan fingerprint density at radius 2 is 2.27 bits per heavy atom. The third kappa shape index (κ3) is 1.57. The van der Waals surface area contributed by atoms with Crippen LogP contribution < -0.4 is 0 Å². The molecule has 1 N–H and O–H groups in total. The molecule has 0 radical (unpaired) electrons. The van der Waals surface area contributed by atoms with Crippen LogP contribution in [0.1, 0.15) is 21.0 Å². The van der Waals surface area contributed by atoms with Gasteiger partial charge in [0.25, 0.3) is 0 Å². The summed E-state index contributed by atoms with van der Waals surface area (Å²) in [6.07, 6.45) is 1.50. The maximum atomic E-state index is 10.3. The second kappa shape index (κ2) is 2.87. The molecule has 1 aromatic heterocycles. The van der Waals surface area contributed by atoms with Crippen molar-refractivity contribution < 1.29 is 14.7 Å². The molecule has 0 saturated carbocycles. The van der Waals surface area contributed by atoms with Crippen molar-refractivity contribution in [1.82, 2.24) is 9.97 Å². The van der Waals surface area contributed by atoms with Crippen molar-refractivity contribution in [2.24, 2.45) is 0 Å². The number of hydrogen-bond acceptors (Lipinski definition) is 4. The standard InChI is InChI=1S/C6H4N2O3/c9-2-4-1-5(6(10)11)8-3-7-4/h1-3H,(H,10,11). The van der Waals surface area contributed by atoms with E-state index in [1.165, 1.54) is 0 Å². The van der Waals surface area contributed by atoms with E-state index in [2.05, 4.69) is 9.97 Å². The number of hydrogen-bond donors (Lipinski definition) is 1. The highest BCUT2D eigenvalue weighted by atomic mass is 16.4. The maximum Gasteiger partial charge on any atom is 0.354 e. The number of carboxylic acids is 1. The van der Waals surface area contributed by atoms with Crippen LogP contribution >= 0.6 is 0 Å². The minimum absolute atomic E-state index is 0.0670. The molecule has 0 aliphatic carbocycles. The number of aromatic nitrogens is 2. The van der Waals surface area contributed by atoms with Crippen LogP contribution in [0.25, 0.3) is 0 Å². The van der Waals surface area contributed by atoms with Gasteiger partial charge in [-0.1, -0.05) is 0 Å². The van der Waals surface area contributed by atoms with Crippen molar-refractivity contribution in [1.29, 1.82) is 0 Å². The van der Waals surface area contributed by atoms with Gasteiger partial charge in [-0.3, -0.25) is 4.79 Å². The first-order valence-corrected chi connectivity index (χ1v) is 2.74. The Hall–Kier alpha value is -1.78. The molecule has 1 aromatic rings. The summed E-state index contributed by atoms with van der Waals surface area (Å²) >= 11 is 0. The van der Waals surface area contributed by atoms with E-state index in [4.69, 9.17) is 5.11 Å². The minimum atomic E-state index is -1.17. The van der Waals surface area contributed by atoms with Crippen LogP contribution in [0.2, 0.25) is 0 Å². The van der Waals surface area contributed by atoms with Crippen molar-refractivity contribution in [2.75, 3.05) is 0 Å². The minimum Gasteiger partial charge on any atom is -0.477 e. The lowest BCUT2D eigenvalue weighted by atomic mass is 10.3. The third-order valence-electron chi connectivity index (χ3n) is 1.03. The van der Waals surface area contributed by atoms with Crippen molar-refractivity contribution in [2.45, 2.75) is 0 Å². The lowest BCUT2D eigenvalue weighted by Crippen LogP contribution is -2.02. The number of nitrogens with zero attached hydrogens (tertiary/aromatic N) is 2. The molecule has 5 nitrogen and oxygen atoms in total. The van der Waals surface area contributed by atoms with Gasteiger partial charge in [0.05, 0.1) is 0 Å². The first-order chi connectivity index (χ1) is 5.24. The summed E-state index contributed by atoms with van der Waals surface area (Å²) in [6, 6.07) is 1.11. The summed E-state index contributed by atoms with van der Waals surface area (Å²) < 4.78 is 0. The largest absolute Gasteiger partial charge is 0.477 e.